The standard InChI is InChI=1S/C69H45N7Si/c1-5-23-46(24-6-1)73-62-40-22-17-35-57(62)65-63(73)44-43-56-55-42-41-50(77(47-25-7-2-8-26-47,48-27-9-3-10-28-48)49-29-11-4-12-30-49)45-64(55)76(66(56)65)69-71-67(74-58-36-18-13-31-51(58)52-32-14-19-37-59(52)74)70-68(72-69)75-60-38-20-15-33-53(60)54-34-16-21-39-61(54)75/h1-45H. The van der Waals surface area contributed by atoms with Crippen LogP contribution in [0.4, 0.5) is 0 Å². The summed E-state index contributed by atoms with van der Waals surface area (Å²) in [6.07, 6.45) is 0. The molecule has 0 unspecified atom stereocenters. The second-order valence-electron chi connectivity index (χ2n) is 19.9. The minimum absolute atomic E-state index is 0.515. The van der Waals surface area contributed by atoms with Crippen molar-refractivity contribution in [3.8, 4) is 23.5 Å². The number of benzene rings is 11. The third-order valence-corrected chi connectivity index (χ3v) is 20.8. The van der Waals surface area contributed by atoms with Crippen LogP contribution in [0.15, 0.2) is 273 Å². The first-order chi connectivity index (χ1) is 38.2. The molecular weight excluding hydrogens is 955 g/mol. The molecule has 8 heteroatoms. The van der Waals surface area contributed by atoms with Crippen molar-refractivity contribution in [2.24, 2.45) is 0 Å². The Labute approximate surface area is 443 Å². The van der Waals surface area contributed by atoms with Gasteiger partial charge in [0.15, 0.2) is 8.07 Å². The first kappa shape index (κ1) is 43.3. The van der Waals surface area contributed by atoms with Gasteiger partial charge in [0.1, 0.15) is 0 Å². The molecule has 0 N–H and O–H groups in total. The lowest BCUT2D eigenvalue weighted by Crippen LogP contribution is -2.74. The van der Waals surface area contributed by atoms with Crippen LogP contribution in [-0.2, 0) is 0 Å². The van der Waals surface area contributed by atoms with Crippen LogP contribution in [0.1, 0.15) is 0 Å². The number of nitrogens with zero attached hydrogens (tertiary/aromatic N) is 7. The maximum absolute atomic E-state index is 5.80. The Morgan fingerprint density at radius 2 is 0.584 bits per heavy atom. The molecule has 0 amide bonds. The molecule has 0 fully saturated rings. The number of fused-ring (bicyclic) bond motifs is 13. The van der Waals surface area contributed by atoms with Crippen LogP contribution in [-0.4, -0.2) is 41.3 Å². The average Bonchev–Trinajstić information content (AvgIpc) is 4.41. The van der Waals surface area contributed by atoms with Crippen LogP contribution < -0.4 is 20.7 Å². The van der Waals surface area contributed by atoms with E-state index in [0.717, 1.165) is 92.9 Å². The first-order valence-electron chi connectivity index (χ1n) is 26.2. The smallest absolute Gasteiger partial charge is 0.241 e. The average molecular weight is 1000 g/mol. The third kappa shape index (κ3) is 6.27. The number of hydrogen-bond acceptors (Lipinski definition) is 3. The lowest BCUT2D eigenvalue weighted by molar-refractivity contribution is 0.848. The lowest BCUT2D eigenvalue weighted by Gasteiger charge is -2.34. The van der Waals surface area contributed by atoms with E-state index in [-0.39, 0.29) is 0 Å². The molecule has 0 saturated heterocycles. The maximum Gasteiger partial charge on any atom is 0.241 e. The quantitative estimate of drug-likeness (QED) is 0.113. The second kappa shape index (κ2) is 16.9. The molecular formula is C69H45N7Si. The minimum Gasteiger partial charge on any atom is -0.309 e. The van der Waals surface area contributed by atoms with E-state index >= 15 is 0 Å². The Kier molecular flexibility index (Phi) is 9.52. The number of para-hydroxylation sites is 6. The number of rotatable bonds is 8. The molecule has 0 bridgehead atoms. The molecule has 0 aliphatic heterocycles. The zero-order valence-electron chi connectivity index (χ0n) is 41.6. The monoisotopic (exact) mass is 999 g/mol. The molecule has 77 heavy (non-hydrogen) atoms. The highest BCUT2D eigenvalue weighted by atomic mass is 28.3. The van der Waals surface area contributed by atoms with Gasteiger partial charge in [-0.25, -0.2) is 0 Å². The van der Waals surface area contributed by atoms with Crippen molar-refractivity contribution in [2.45, 2.75) is 0 Å². The zero-order chi connectivity index (χ0) is 50.6. The molecule has 7 nitrogen and oxygen atoms in total. The Hall–Kier alpha value is -10.2. The summed E-state index contributed by atoms with van der Waals surface area (Å²) in [7, 11) is -3.04. The molecule has 16 rings (SSSR count). The van der Waals surface area contributed by atoms with Gasteiger partial charge < -0.3 is 4.57 Å². The zero-order valence-corrected chi connectivity index (χ0v) is 42.6. The highest BCUT2D eigenvalue weighted by Crippen LogP contribution is 2.42. The number of aromatic nitrogens is 7. The highest BCUT2D eigenvalue weighted by Gasteiger charge is 2.42. The molecule has 0 atom stereocenters. The normalized spacial score (nSPS) is 12.2. The molecule has 360 valence electrons. The van der Waals surface area contributed by atoms with E-state index in [1.165, 1.54) is 20.7 Å². The maximum atomic E-state index is 5.80. The fourth-order valence-electron chi connectivity index (χ4n) is 12.8. The van der Waals surface area contributed by atoms with Crippen molar-refractivity contribution >= 4 is 116 Å². The van der Waals surface area contributed by atoms with Gasteiger partial charge in [-0.3, -0.25) is 13.7 Å². The topological polar surface area (TPSA) is 58.4 Å². The van der Waals surface area contributed by atoms with Crippen molar-refractivity contribution in [3.63, 3.8) is 0 Å². The predicted octanol–water partition coefficient (Wildman–Crippen LogP) is 13.6. The molecule has 5 heterocycles. The van der Waals surface area contributed by atoms with Crippen molar-refractivity contribution in [1.29, 1.82) is 0 Å². The molecule has 0 aliphatic carbocycles. The van der Waals surface area contributed by atoms with E-state index in [1.54, 1.807) is 0 Å². The van der Waals surface area contributed by atoms with Crippen molar-refractivity contribution in [1.82, 2.24) is 33.2 Å². The van der Waals surface area contributed by atoms with E-state index < -0.39 is 8.07 Å². The summed E-state index contributed by atoms with van der Waals surface area (Å²) < 4.78 is 9.22. The molecule has 0 spiro atoms. The van der Waals surface area contributed by atoms with Gasteiger partial charge in [0.2, 0.25) is 17.8 Å². The van der Waals surface area contributed by atoms with Crippen LogP contribution >= 0.6 is 0 Å². The Morgan fingerprint density at radius 3 is 1.04 bits per heavy atom. The van der Waals surface area contributed by atoms with E-state index in [0.29, 0.717) is 17.8 Å². The van der Waals surface area contributed by atoms with E-state index in [1.807, 2.05) is 0 Å². The van der Waals surface area contributed by atoms with Crippen molar-refractivity contribution in [3.05, 3.63) is 273 Å². The van der Waals surface area contributed by atoms with Gasteiger partial charge in [-0.2, -0.15) is 15.0 Å². The van der Waals surface area contributed by atoms with E-state index in [2.05, 4.69) is 291 Å². The SMILES string of the molecule is c1ccc(-n2c3ccccc3c3c2ccc2c4ccc([Si](c5ccccc5)(c5ccccc5)c5ccccc5)cc4n(-c4nc(-n5c6ccccc6c6ccccc65)nc(-n5c6ccccc6c6ccccc65)n4)c23)cc1. The highest BCUT2D eigenvalue weighted by molar-refractivity contribution is 7.20. The van der Waals surface area contributed by atoms with Gasteiger partial charge in [-0.15, -0.1) is 0 Å². The van der Waals surface area contributed by atoms with Gasteiger partial charge >= 0.3 is 0 Å². The Bertz CT molecular complexity index is 4640. The summed E-state index contributed by atoms with van der Waals surface area (Å²) in [5, 5.41) is 14.1. The summed E-state index contributed by atoms with van der Waals surface area (Å²) in [6, 6.07) is 99.2. The van der Waals surface area contributed by atoms with E-state index in [4.69, 9.17) is 15.0 Å². The van der Waals surface area contributed by atoms with E-state index in [9.17, 15) is 0 Å². The summed E-state index contributed by atoms with van der Waals surface area (Å²) in [5.41, 5.74) is 9.40. The molecule has 5 aromatic heterocycles. The summed E-state index contributed by atoms with van der Waals surface area (Å²) >= 11 is 0. The summed E-state index contributed by atoms with van der Waals surface area (Å²) in [6.45, 7) is 0. The van der Waals surface area contributed by atoms with Gasteiger partial charge in [-0.05, 0) is 75.3 Å². The summed E-state index contributed by atoms with van der Waals surface area (Å²) in [5.74, 6) is 1.56. The van der Waals surface area contributed by atoms with Gasteiger partial charge in [-0.1, -0.05) is 218 Å². The molecule has 16 aromatic rings. The number of hydrogen-bond donors (Lipinski definition) is 0. The summed E-state index contributed by atoms with van der Waals surface area (Å²) in [4.78, 5) is 17.2. The fraction of sp³-hybridized carbons (Fsp3) is 0. The Morgan fingerprint density at radius 1 is 0.234 bits per heavy atom. The Balaban J connectivity index is 1.11. The van der Waals surface area contributed by atoms with Gasteiger partial charge in [0.25, 0.3) is 0 Å². The van der Waals surface area contributed by atoms with Crippen LogP contribution in [0.25, 0.3) is 111 Å². The van der Waals surface area contributed by atoms with Crippen LogP contribution in [0.2, 0.25) is 0 Å². The van der Waals surface area contributed by atoms with Gasteiger partial charge in [0.05, 0.1) is 44.1 Å². The largest absolute Gasteiger partial charge is 0.309 e. The van der Waals surface area contributed by atoms with Crippen molar-refractivity contribution in [2.75, 3.05) is 0 Å². The molecule has 0 saturated carbocycles. The first-order valence-corrected chi connectivity index (χ1v) is 28.2. The second-order valence-corrected chi connectivity index (χ2v) is 23.7. The van der Waals surface area contributed by atoms with Crippen LogP contribution in [0.3, 0.4) is 0 Å². The van der Waals surface area contributed by atoms with Crippen LogP contribution in [0.5, 0.6) is 0 Å². The molecule has 11 aromatic carbocycles. The molecule has 0 aliphatic rings. The van der Waals surface area contributed by atoms with Gasteiger partial charge in [0, 0.05) is 48.8 Å². The van der Waals surface area contributed by atoms with Crippen molar-refractivity contribution < 1.29 is 0 Å². The van der Waals surface area contributed by atoms with Crippen LogP contribution in [0, 0.1) is 0 Å². The predicted molar refractivity (Wildman–Crippen MR) is 321 cm³/mol. The minimum atomic E-state index is -3.04. The third-order valence-electron chi connectivity index (χ3n) is 16.0. The fourth-order valence-corrected chi connectivity index (χ4v) is 17.6. The lowest BCUT2D eigenvalue weighted by atomic mass is 10.1. The molecule has 0 radical (unpaired) electrons.